The highest BCUT2D eigenvalue weighted by Gasteiger charge is 2.08. The summed E-state index contributed by atoms with van der Waals surface area (Å²) in [7, 11) is 1.52. The number of aryl methyl sites for hydroxylation is 1. The van der Waals surface area contributed by atoms with Crippen LogP contribution in [0.4, 0.5) is 0 Å². The van der Waals surface area contributed by atoms with E-state index >= 15 is 0 Å². The van der Waals surface area contributed by atoms with Gasteiger partial charge in [0.25, 0.3) is 5.91 Å². The molecule has 0 aromatic heterocycles. The van der Waals surface area contributed by atoms with Crippen LogP contribution in [0.2, 0.25) is 0 Å². The lowest BCUT2D eigenvalue weighted by Gasteiger charge is -2.06. The van der Waals surface area contributed by atoms with Crippen molar-refractivity contribution in [3.05, 3.63) is 41.1 Å². The number of hydrogen-bond donors (Lipinski definition) is 2. The minimum absolute atomic E-state index is 0.241. The Morgan fingerprint density at radius 3 is 2.53 bits per heavy atom. The maximum atomic E-state index is 11.5. The van der Waals surface area contributed by atoms with Crippen molar-refractivity contribution < 1.29 is 9.59 Å². The van der Waals surface area contributed by atoms with Crippen molar-refractivity contribution in [1.82, 2.24) is 10.6 Å². The Morgan fingerprint density at radius 2 is 2.00 bits per heavy atom. The summed E-state index contributed by atoms with van der Waals surface area (Å²) in [6, 6.07) is 7.67. The van der Waals surface area contributed by atoms with Crippen LogP contribution in [0.25, 0.3) is 6.08 Å². The summed E-state index contributed by atoms with van der Waals surface area (Å²) in [6.45, 7) is 3.34. The van der Waals surface area contributed by atoms with Crippen molar-refractivity contribution in [3.8, 4) is 0 Å². The van der Waals surface area contributed by atoms with Crippen LogP contribution in [0.15, 0.2) is 30.0 Å². The number of carbonyl (C=O) groups is 2. The first-order valence-corrected chi connectivity index (χ1v) is 5.31. The molecule has 0 fully saturated rings. The smallest absolute Gasteiger partial charge is 0.267 e. The largest absolute Gasteiger partial charge is 0.354 e. The SMILES string of the molecule is CNC(=O)/C(=C\c1cccc(C)c1)NC(C)=O. The molecule has 17 heavy (non-hydrogen) atoms. The highest BCUT2D eigenvalue weighted by atomic mass is 16.2. The molecule has 0 spiro atoms. The van der Waals surface area contributed by atoms with Crippen LogP contribution >= 0.6 is 0 Å². The molecule has 4 heteroatoms. The third-order valence-electron chi connectivity index (χ3n) is 2.14. The summed E-state index contributed by atoms with van der Waals surface area (Å²) >= 11 is 0. The molecular weight excluding hydrogens is 216 g/mol. The number of amides is 2. The van der Waals surface area contributed by atoms with Crippen molar-refractivity contribution in [2.24, 2.45) is 0 Å². The molecule has 4 nitrogen and oxygen atoms in total. The Hall–Kier alpha value is -2.10. The van der Waals surface area contributed by atoms with Crippen LogP contribution in [-0.4, -0.2) is 18.9 Å². The molecule has 1 rings (SSSR count). The van der Waals surface area contributed by atoms with E-state index in [1.54, 1.807) is 6.08 Å². The van der Waals surface area contributed by atoms with Gasteiger partial charge in [-0.25, -0.2) is 0 Å². The van der Waals surface area contributed by atoms with E-state index in [4.69, 9.17) is 0 Å². The maximum absolute atomic E-state index is 11.5. The standard InChI is InChI=1S/C13H16N2O2/c1-9-5-4-6-11(7-9)8-12(13(17)14-3)15-10(2)16/h4-8H,1-3H3,(H,14,17)(H,15,16)/b12-8+. The molecule has 2 N–H and O–H groups in total. The van der Waals surface area contributed by atoms with Crippen LogP contribution in [-0.2, 0) is 9.59 Å². The monoisotopic (exact) mass is 232 g/mol. The summed E-state index contributed by atoms with van der Waals surface area (Å²) in [5.41, 5.74) is 2.21. The van der Waals surface area contributed by atoms with Gasteiger partial charge < -0.3 is 10.6 Å². The van der Waals surface area contributed by atoms with Crippen LogP contribution < -0.4 is 10.6 Å². The zero-order valence-corrected chi connectivity index (χ0v) is 10.2. The average Bonchev–Trinajstić information content (AvgIpc) is 2.26. The lowest BCUT2D eigenvalue weighted by molar-refractivity contribution is -0.122. The molecule has 0 unspecified atom stereocenters. The molecule has 0 saturated carbocycles. The first kappa shape index (κ1) is 13.0. The quantitative estimate of drug-likeness (QED) is 0.770. The molecule has 0 saturated heterocycles. The van der Waals surface area contributed by atoms with Gasteiger partial charge in [-0.2, -0.15) is 0 Å². The van der Waals surface area contributed by atoms with Gasteiger partial charge in [-0.1, -0.05) is 29.8 Å². The second kappa shape index (κ2) is 5.84. The third kappa shape index (κ3) is 4.10. The lowest BCUT2D eigenvalue weighted by Crippen LogP contribution is -2.31. The number of nitrogens with one attached hydrogen (secondary N) is 2. The van der Waals surface area contributed by atoms with Gasteiger partial charge in [0.1, 0.15) is 5.70 Å². The Bertz CT molecular complexity index is 464. The van der Waals surface area contributed by atoms with E-state index in [0.29, 0.717) is 0 Å². The summed E-state index contributed by atoms with van der Waals surface area (Å²) in [6.07, 6.45) is 1.65. The van der Waals surface area contributed by atoms with Gasteiger partial charge >= 0.3 is 0 Å². The number of rotatable bonds is 3. The number of hydrogen-bond acceptors (Lipinski definition) is 2. The number of carbonyl (C=O) groups excluding carboxylic acids is 2. The average molecular weight is 232 g/mol. The normalized spacial score (nSPS) is 10.9. The van der Waals surface area contributed by atoms with E-state index < -0.39 is 0 Å². The molecule has 1 aromatic carbocycles. The van der Waals surface area contributed by atoms with E-state index in [-0.39, 0.29) is 17.5 Å². The third-order valence-corrected chi connectivity index (χ3v) is 2.14. The lowest BCUT2D eigenvalue weighted by atomic mass is 10.1. The molecule has 1 aromatic rings. The van der Waals surface area contributed by atoms with E-state index in [0.717, 1.165) is 11.1 Å². The first-order chi connectivity index (χ1) is 8.02. The van der Waals surface area contributed by atoms with E-state index in [1.165, 1.54) is 14.0 Å². The predicted molar refractivity (Wildman–Crippen MR) is 67.0 cm³/mol. The minimum atomic E-state index is -0.318. The fourth-order valence-electron chi connectivity index (χ4n) is 1.41. The van der Waals surface area contributed by atoms with Crippen molar-refractivity contribution >= 4 is 17.9 Å². The molecule has 0 heterocycles. The van der Waals surface area contributed by atoms with Crippen molar-refractivity contribution in [2.75, 3.05) is 7.05 Å². The Balaban J connectivity index is 3.04. The number of likely N-dealkylation sites (N-methyl/N-ethyl adjacent to an activating group) is 1. The molecular formula is C13H16N2O2. The van der Waals surface area contributed by atoms with Crippen LogP contribution in [0.3, 0.4) is 0 Å². The molecule has 0 aliphatic carbocycles. The van der Waals surface area contributed by atoms with Gasteiger partial charge in [-0.05, 0) is 18.6 Å². The molecule has 0 bridgehead atoms. The Kier molecular flexibility index (Phi) is 4.46. The molecule has 0 aliphatic heterocycles. The zero-order chi connectivity index (χ0) is 12.8. The maximum Gasteiger partial charge on any atom is 0.267 e. The second-order valence-electron chi connectivity index (χ2n) is 3.73. The van der Waals surface area contributed by atoms with Crippen LogP contribution in [0.5, 0.6) is 0 Å². The van der Waals surface area contributed by atoms with Gasteiger partial charge in [-0.15, -0.1) is 0 Å². The van der Waals surface area contributed by atoms with Crippen molar-refractivity contribution in [2.45, 2.75) is 13.8 Å². The van der Waals surface area contributed by atoms with Gasteiger partial charge in [-0.3, -0.25) is 9.59 Å². The molecule has 90 valence electrons. The van der Waals surface area contributed by atoms with Gasteiger partial charge in [0, 0.05) is 14.0 Å². The Labute approximate surface area is 101 Å². The van der Waals surface area contributed by atoms with Crippen molar-refractivity contribution in [1.29, 1.82) is 0 Å². The predicted octanol–water partition coefficient (Wildman–Crippen LogP) is 1.22. The van der Waals surface area contributed by atoms with Crippen molar-refractivity contribution in [3.63, 3.8) is 0 Å². The highest BCUT2D eigenvalue weighted by molar-refractivity contribution is 6.00. The minimum Gasteiger partial charge on any atom is -0.354 e. The number of benzene rings is 1. The topological polar surface area (TPSA) is 58.2 Å². The zero-order valence-electron chi connectivity index (χ0n) is 10.2. The fraction of sp³-hybridized carbons (Fsp3) is 0.231. The van der Waals surface area contributed by atoms with E-state index in [2.05, 4.69) is 10.6 Å². The van der Waals surface area contributed by atoms with Crippen LogP contribution in [0, 0.1) is 6.92 Å². The fourth-order valence-corrected chi connectivity index (χ4v) is 1.41. The summed E-state index contributed by atoms with van der Waals surface area (Å²) in [5, 5.41) is 4.99. The summed E-state index contributed by atoms with van der Waals surface area (Å²) < 4.78 is 0. The van der Waals surface area contributed by atoms with Gasteiger partial charge in [0.15, 0.2) is 0 Å². The summed E-state index contributed by atoms with van der Waals surface area (Å²) in [5.74, 6) is -0.589. The summed E-state index contributed by atoms with van der Waals surface area (Å²) in [4.78, 5) is 22.5. The highest BCUT2D eigenvalue weighted by Crippen LogP contribution is 2.08. The van der Waals surface area contributed by atoms with Gasteiger partial charge in [0.2, 0.25) is 5.91 Å². The second-order valence-corrected chi connectivity index (χ2v) is 3.73. The first-order valence-electron chi connectivity index (χ1n) is 5.31. The molecule has 0 aliphatic rings. The molecule has 2 amide bonds. The van der Waals surface area contributed by atoms with E-state index in [1.807, 2.05) is 31.2 Å². The van der Waals surface area contributed by atoms with Crippen LogP contribution in [0.1, 0.15) is 18.1 Å². The van der Waals surface area contributed by atoms with Gasteiger partial charge in [0.05, 0.1) is 0 Å². The molecule has 0 atom stereocenters. The van der Waals surface area contributed by atoms with E-state index in [9.17, 15) is 9.59 Å². The Morgan fingerprint density at radius 1 is 1.29 bits per heavy atom. The molecule has 0 radical (unpaired) electrons.